The summed E-state index contributed by atoms with van der Waals surface area (Å²) in [6.45, 7) is 1.82. The van der Waals surface area contributed by atoms with Crippen LogP contribution in [0.25, 0.3) is 0 Å². The van der Waals surface area contributed by atoms with Crippen LogP contribution in [0.3, 0.4) is 0 Å². The molecule has 0 amide bonds. The Kier molecular flexibility index (Phi) is 3.51. The van der Waals surface area contributed by atoms with Gasteiger partial charge in [0.1, 0.15) is 17.3 Å². The minimum absolute atomic E-state index is 0.128. The number of aromatic hydroxyl groups is 1. The summed E-state index contributed by atoms with van der Waals surface area (Å²) in [6.07, 6.45) is 0.860. The normalized spacial score (nSPS) is 9.86. The molecule has 0 atom stereocenters. The Balaban J connectivity index is 2.86. The van der Waals surface area contributed by atoms with Crippen LogP contribution < -0.4 is 4.74 Å². The molecule has 0 saturated carbocycles. The summed E-state index contributed by atoms with van der Waals surface area (Å²) in [5.74, 6) is 0.852. The fraction of sp³-hybridized carbons (Fsp3) is 0.364. The van der Waals surface area contributed by atoms with Crippen molar-refractivity contribution in [3.8, 4) is 11.5 Å². The SMILES string of the molecule is CCC(=O)Cc1cc(O)cc(OC)c1. The Morgan fingerprint density at radius 2 is 2.14 bits per heavy atom. The molecule has 0 aromatic heterocycles. The number of Topliss-reactive ketones (excluding diaryl/α,β-unsaturated/α-hetero) is 1. The third-order valence-electron chi connectivity index (χ3n) is 1.98. The number of hydrogen-bond donors (Lipinski definition) is 1. The summed E-state index contributed by atoms with van der Waals surface area (Å²) in [7, 11) is 1.53. The van der Waals surface area contributed by atoms with Crippen LogP contribution in [0.2, 0.25) is 0 Å². The molecule has 14 heavy (non-hydrogen) atoms. The van der Waals surface area contributed by atoms with Crippen LogP contribution in [0.5, 0.6) is 11.5 Å². The van der Waals surface area contributed by atoms with E-state index in [1.54, 1.807) is 12.1 Å². The average Bonchev–Trinajstić information content (AvgIpc) is 2.16. The van der Waals surface area contributed by atoms with Crippen LogP contribution in [0.15, 0.2) is 18.2 Å². The van der Waals surface area contributed by atoms with E-state index >= 15 is 0 Å². The van der Waals surface area contributed by atoms with Gasteiger partial charge in [0.05, 0.1) is 7.11 Å². The van der Waals surface area contributed by atoms with Gasteiger partial charge >= 0.3 is 0 Å². The maximum Gasteiger partial charge on any atom is 0.136 e. The van der Waals surface area contributed by atoms with Gasteiger partial charge in [0, 0.05) is 18.9 Å². The van der Waals surface area contributed by atoms with Gasteiger partial charge in [-0.15, -0.1) is 0 Å². The summed E-state index contributed by atoms with van der Waals surface area (Å²) in [5, 5.41) is 9.32. The average molecular weight is 194 g/mol. The summed E-state index contributed by atoms with van der Waals surface area (Å²) < 4.78 is 4.98. The third kappa shape index (κ3) is 2.76. The second kappa shape index (κ2) is 4.65. The van der Waals surface area contributed by atoms with Crippen molar-refractivity contribution in [2.45, 2.75) is 19.8 Å². The Morgan fingerprint density at radius 1 is 1.43 bits per heavy atom. The van der Waals surface area contributed by atoms with Gasteiger partial charge in [-0.25, -0.2) is 0 Å². The molecule has 0 aliphatic carbocycles. The maximum atomic E-state index is 11.2. The van der Waals surface area contributed by atoms with Crippen LogP contribution >= 0.6 is 0 Å². The van der Waals surface area contributed by atoms with Crippen molar-refractivity contribution in [1.82, 2.24) is 0 Å². The van der Waals surface area contributed by atoms with Crippen LogP contribution in [0.4, 0.5) is 0 Å². The molecule has 0 heterocycles. The number of methoxy groups -OCH3 is 1. The molecular weight excluding hydrogens is 180 g/mol. The van der Waals surface area contributed by atoms with Crippen molar-refractivity contribution < 1.29 is 14.6 Å². The van der Waals surface area contributed by atoms with E-state index in [0.717, 1.165) is 5.56 Å². The van der Waals surface area contributed by atoms with Crippen molar-refractivity contribution in [3.05, 3.63) is 23.8 Å². The van der Waals surface area contributed by atoms with Gasteiger partial charge in [-0.3, -0.25) is 4.79 Å². The van der Waals surface area contributed by atoms with E-state index in [4.69, 9.17) is 4.74 Å². The van der Waals surface area contributed by atoms with Crippen LogP contribution in [-0.4, -0.2) is 18.0 Å². The smallest absolute Gasteiger partial charge is 0.136 e. The molecule has 3 nitrogen and oxygen atoms in total. The third-order valence-corrected chi connectivity index (χ3v) is 1.98. The summed E-state index contributed by atoms with van der Waals surface area (Å²) in [6, 6.07) is 4.85. The minimum atomic E-state index is 0.128. The number of carbonyl (C=O) groups is 1. The molecule has 1 aromatic rings. The Bertz CT molecular complexity index is 331. The van der Waals surface area contributed by atoms with Gasteiger partial charge in [-0.1, -0.05) is 6.92 Å². The number of phenolic OH excluding ortho intramolecular Hbond substituents is 1. The van der Waals surface area contributed by atoms with Gasteiger partial charge in [-0.2, -0.15) is 0 Å². The lowest BCUT2D eigenvalue weighted by molar-refractivity contribution is -0.118. The van der Waals surface area contributed by atoms with Gasteiger partial charge in [0.25, 0.3) is 0 Å². The lowest BCUT2D eigenvalue weighted by Gasteiger charge is -2.04. The number of ether oxygens (including phenoxy) is 1. The number of ketones is 1. The van der Waals surface area contributed by atoms with Gasteiger partial charge in [0.15, 0.2) is 0 Å². The molecule has 0 aliphatic rings. The highest BCUT2D eigenvalue weighted by molar-refractivity contribution is 5.80. The summed E-state index contributed by atoms with van der Waals surface area (Å²) in [5.41, 5.74) is 0.786. The largest absolute Gasteiger partial charge is 0.508 e. The van der Waals surface area contributed by atoms with E-state index in [2.05, 4.69) is 0 Å². The fourth-order valence-corrected chi connectivity index (χ4v) is 1.22. The maximum absolute atomic E-state index is 11.2. The highest BCUT2D eigenvalue weighted by Gasteiger charge is 2.04. The summed E-state index contributed by atoms with van der Waals surface area (Å²) >= 11 is 0. The fourth-order valence-electron chi connectivity index (χ4n) is 1.22. The molecule has 0 bridgehead atoms. The number of benzene rings is 1. The Labute approximate surface area is 83.3 Å². The first kappa shape index (κ1) is 10.6. The standard InChI is InChI=1S/C11H14O3/c1-3-9(12)4-8-5-10(13)7-11(6-8)14-2/h5-7,13H,3-4H2,1-2H3. The Hall–Kier alpha value is -1.51. The molecule has 0 fully saturated rings. The zero-order chi connectivity index (χ0) is 10.6. The quantitative estimate of drug-likeness (QED) is 0.796. The molecule has 0 unspecified atom stereocenters. The predicted molar refractivity (Wildman–Crippen MR) is 53.7 cm³/mol. The number of phenols is 1. The van der Waals surface area contributed by atoms with E-state index in [1.165, 1.54) is 13.2 Å². The van der Waals surface area contributed by atoms with Crippen molar-refractivity contribution in [1.29, 1.82) is 0 Å². The van der Waals surface area contributed by atoms with E-state index in [0.29, 0.717) is 18.6 Å². The molecule has 3 heteroatoms. The second-order valence-corrected chi connectivity index (χ2v) is 3.11. The molecule has 76 valence electrons. The predicted octanol–water partition coefficient (Wildman–Crippen LogP) is 1.92. The first-order valence-corrected chi connectivity index (χ1v) is 4.54. The monoisotopic (exact) mass is 194 g/mol. The van der Waals surface area contributed by atoms with E-state index in [1.807, 2.05) is 6.92 Å². The molecular formula is C11H14O3. The zero-order valence-corrected chi connectivity index (χ0v) is 8.41. The Morgan fingerprint density at radius 3 is 2.71 bits per heavy atom. The number of rotatable bonds is 4. The van der Waals surface area contributed by atoms with E-state index < -0.39 is 0 Å². The molecule has 0 aliphatic heterocycles. The molecule has 0 radical (unpaired) electrons. The molecule has 0 spiro atoms. The number of carbonyl (C=O) groups excluding carboxylic acids is 1. The van der Waals surface area contributed by atoms with E-state index in [9.17, 15) is 9.90 Å². The minimum Gasteiger partial charge on any atom is -0.508 e. The van der Waals surface area contributed by atoms with Crippen molar-refractivity contribution in [2.75, 3.05) is 7.11 Å². The molecule has 1 rings (SSSR count). The van der Waals surface area contributed by atoms with Crippen molar-refractivity contribution in [3.63, 3.8) is 0 Å². The van der Waals surface area contributed by atoms with Crippen LogP contribution in [-0.2, 0) is 11.2 Å². The topological polar surface area (TPSA) is 46.5 Å². The first-order valence-electron chi connectivity index (χ1n) is 4.54. The first-order chi connectivity index (χ1) is 6.65. The number of hydrogen-bond acceptors (Lipinski definition) is 3. The van der Waals surface area contributed by atoms with Crippen LogP contribution in [0, 0.1) is 0 Å². The van der Waals surface area contributed by atoms with Gasteiger partial charge in [0.2, 0.25) is 0 Å². The summed E-state index contributed by atoms with van der Waals surface area (Å²) in [4.78, 5) is 11.2. The van der Waals surface area contributed by atoms with Gasteiger partial charge in [-0.05, 0) is 17.7 Å². The van der Waals surface area contributed by atoms with Gasteiger partial charge < -0.3 is 9.84 Å². The highest BCUT2D eigenvalue weighted by atomic mass is 16.5. The lowest BCUT2D eigenvalue weighted by Crippen LogP contribution is -2.00. The van der Waals surface area contributed by atoms with Crippen molar-refractivity contribution in [2.24, 2.45) is 0 Å². The van der Waals surface area contributed by atoms with Crippen LogP contribution in [0.1, 0.15) is 18.9 Å². The van der Waals surface area contributed by atoms with Crippen molar-refractivity contribution >= 4 is 5.78 Å². The zero-order valence-electron chi connectivity index (χ0n) is 8.41. The second-order valence-electron chi connectivity index (χ2n) is 3.11. The van der Waals surface area contributed by atoms with E-state index in [-0.39, 0.29) is 11.5 Å². The lowest BCUT2D eigenvalue weighted by atomic mass is 10.1. The molecule has 0 saturated heterocycles. The highest BCUT2D eigenvalue weighted by Crippen LogP contribution is 2.21. The molecule has 1 N–H and O–H groups in total. The molecule has 1 aromatic carbocycles.